The number of hydrogen-bond donors (Lipinski definition) is 1. The zero-order chi connectivity index (χ0) is 12.2. The van der Waals surface area contributed by atoms with Gasteiger partial charge in [-0.3, -0.25) is 4.79 Å². The van der Waals surface area contributed by atoms with Crippen molar-refractivity contribution in [3.63, 3.8) is 0 Å². The van der Waals surface area contributed by atoms with Crippen LogP contribution in [0.1, 0.15) is 37.7 Å². The molecule has 0 saturated carbocycles. The van der Waals surface area contributed by atoms with Crippen LogP contribution in [0.4, 0.5) is 0 Å². The van der Waals surface area contributed by atoms with Crippen molar-refractivity contribution in [1.82, 2.24) is 10.3 Å². The molecule has 1 N–H and O–H groups in total. The SMILES string of the molecule is CC(C)(C)CC(Br)CNC(=O)c1cscn1. The van der Waals surface area contributed by atoms with E-state index in [4.69, 9.17) is 0 Å². The summed E-state index contributed by atoms with van der Waals surface area (Å²) in [6.45, 7) is 7.18. The summed E-state index contributed by atoms with van der Waals surface area (Å²) >= 11 is 5.00. The van der Waals surface area contributed by atoms with Gasteiger partial charge in [0, 0.05) is 16.8 Å². The Morgan fingerprint density at radius 1 is 1.62 bits per heavy atom. The average molecular weight is 305 g/mol. The van der Waals surface area contributed by atoms with Crippen molar-refractivity contribution in [2.45, 2.75) is 32.0 Å². The molecule has 1 atom stereocenters. The molecular weight excluding hydrogens is 288 g/mol. The predicted octanol–water partition coefficient (Wildman–Crippen LogP) is 3.07. The summed E-state index contributed by atoms with van der Waals surface area (Å²) in [6, 6.07) is 0. The lowest BCUT2D eigenvalue weighted by molar-refractivity contribution is 0.0948. The highest BCUT2D eigenvalue weighted by Crippen LogP contribution is 2.24. The second-order valence-corrected chi connectivity index (χ2v) is 6.96. The summed E-state index contributed by atoms with van der Waals surface area (Å²) in [5.41, 5.74) is 2.43. The van der Waals surface area contributed by atoms with Crippen molar-refractivity contribution >= 4 is 33.2 Å². The monoisotopic (exact) mass is 304 g/mol. The maximum absolute atomic E-state index is 11.6. The number of carbonyl (C=O) groups excluding carboxylic acids is 1. The van der Waals surface area contributed by atoms with E-state index >= 15 is 0 Å². The quantitative estimate of drug-likeness (QED) is 0.869. The molecule has 0 bridgehead atoms. The number of aromatic nitrogens is 1. The molecule has 0 aliphatic rings. The first-order chi connectivity index (χ1) is 7.38. The van der Waals surface area contributed by atoms with Crippen LogP contribution in [0.25, 0.3) is 0 Å². The van der Waals surface area contributed by atoms with Gasteiger partial charge in [-0.05, 0) is 11.8 Å². The van der Waals surface area contributed by atoms with Gasteiger partial charge in [-0.25, -0.2) is 4.98 Å². The molecule has 1 unspecified atom stereocenters. The molecular formula is C11H17BrN2OS. The minimum atomic E-state index is -0.0976. The molecule has 0 saturated heterocycles. The average Bonchev–Trinajstić information content (AvgIpc) is 2.64. The van der Waals surface area contributed by atoms with Crippen LogP contribution < -0.4 is 5.32 Å². The normalized spacial score (nSPS) is 13.5. The van der Waals surface area contributed by atoms with E-state index in [2.05, 4.69) is 47.0 Å². The molecule has 1 amide bonds. The number of nitrogens with zero attached hydrogens (tertiary/aromatic N) is 1. The maximum atomic E-state index is 11.6. The Bertz CT molecular complexity index is 332. The Hall–Kier alpha value is -0.420. The third kappa shape index (κ3) is 5.07. The molecule has 0 fully saturated rings. The van der Waals surface area contributed by atoms with E-state index in [-0.39, 0.29) is 11.3 Å². The molecule has 1 aromatic rings. The van der Waals surface area contributed by atoms with Crippen LogP contribution in [0.3, 0.4) is 0 Å². The van der Waals surface area contributed by atoms with Gasteiger partial charge in [-0.2, -0.15) is 0 Å². The number of thiazole rings is 1. The fraction of sp³-hybridized carbons (Fsp3) is 0.636. The third-order valence-electron chi connectivity index (χ3n) is 1.98. The number of rotatable bonds is 4. The van der Waals surface area contributed by atoms with Gasteiger partial charge in [0.1, 0.15) is 5.69 Å². The molecule has 0 aliphatic carbocycles. The van der Waals surface area contributed by atoms with Crippen LogP contribution in [-0.4, -0.2) is 22.3 Å². The molecule has 0 spiro atoms. The first-order valence-electron chi connectivity index (χ1n) is 5.19. The Morgan fingerprint density at radius 2 is 2.31 bits per heavy atom. The van der Waals surface area contributed by atoms with Crippen molar-refractivity contribution < 1.29 is 4.79 Å². The van der Waals surface area contributed by atoms with Gasteiger partial charge in [0.25, 0.3) is 5.91 Å². The van der Waals surface area contributed by atoms with E-state index in [1.807, 2.05) is 0 Å². The van der Waals surface area contributed by atoms with E-state index in [1.54, 1.807) is 10.9 Å². The third-order valence-corrected chi connectivity index (χ3v) is 3.22. The molecule has 0 aromatic carbocycles. The van der Waals surface area contributed by atoms with Crippen molar-refractivity contribution in [2.24, 2.45) is 5.41 Å². The van der Waals surface area contributed by atoms with Crippen LogP contribution >= 0.6 is 27.3 Å². The second-order valence-electron chi connectivity index (χ2n) is 4.95. The lowest BCUT2D eigenvalue weighted by Gasteiger charge is -2.22. The zero-order valence-electron chi connectivity index (χ0n) is 9.79. The van der Waals surface area contributed by atoms with Crippen LogP contribution in [0.15, 0.2) is 10.9 Å². The van der Waals surface area contributed by atoms with Gasteiger partial charge in [-0.1, -0.05) is 36.7 Å². The first kappa shape index (κ1) is 13.6. The highest BCUT2D eigenvalue weighted by Gasteiger charge is 2.17. The predicted molar refractivity (Wildman–Crippen MR) is 71.2 cm³/mol. The van der Waals surface area contributed by atoms with Crippen LogP contribution in [-0.2, 0) is 0 Å². The Balaban J connectivity index is 2.32. The van der Waals surface area contributed by atoms with E-state index in [0.29, 0.717) is 17.1 Å². The zero-order valence-corrected chi connectivity index (χ0v) is 12.2. The molecule has 16 heavy (non-hydrogen) atoms. The Kier molecular flexibility index (Phi) is 4.92. The summed E-state index contributed by atoms with van der Waals surface area (Å²) in [7, 11) is 0. The first-order valence-corrected chi connectivity index (χ1v) is 7.05. The van der Waals surface area contributed by atoms with Gasteiger partial charge in [0.05, 0.1) is 5.51 Å². The Morgan fingerprint density at radius 3 is 2.81 bits per heavy atom. The van der Waals surface area contributed by atoms with Crippen LogP contribution in [0, 0.1) is 5.41 Å². The fourth-order valence-electron chi connectivity index (χ4n) is 1.36. The summed E-state index contributed by atoms with van der Waals surface area (Å²) in [5, 5.41) is 4.62. The molecule has 5 heteroatoms. The van der Waals surface area contributed by atoms with Crippen molar-refractivity contribution in [1.29, 1.82) is 0 Å². The number of carbonyl (C=O) groups is 1. The van der Waals surface area contributed by atoms with Crippen molar-refractivity contribution in [3.8, 4) is 0 Å². The van der Waals surface area contributed by atoms with Crippen molar-refractivity contribution in [3.05, 3.63) is 16.6 Å². The molecule has 3 nitrogen and oxygen atoms in total. The summed E-state index contributed by atoms with van der Waals surface area (Å²) < 4.78 is 0. The van der Waals surface area contributed by atoms with E-state index < -0.39 is 0 Å². The van der Waals surface area contributed by atoms with E-state index in [0.717, 1.165) is 6.42 Å². The molecule has 1 aromatic heterocycles. The standard InChI is InChI=1S/C11H17BrN2OS/c1-11(2,3)4-8(12)5-13-10(15)9-6-16-7-14-9/h6-8H,4-5H2,1-3H3,(H,13,15). The van der Waals surface area contributed by atoms with Gasteiger partial charge in [-0.15, -0.1) is 11.3 Å². The van der Waals surface area contributed by atoms with Crippen LogP contribution in [0.5, 0.6) is 0 Å². The molecule has 0 radical (unpaired) electrons. The fourth-order valence-corrected chi connectivity index (χ4v) is 3.02. The summed E-state index contributed by atoms with van der Waals surface area (Å²) in [5.74, 6) is -0.0976. The number of hydrogen-bond acceptors (Lipinski definition) is 3. The van der Waals surface area contributed by atoms with Crippen molar-refractivity contribution in [2.75, 3.05) is 6.54 Å². The second kappa shape index (κ2) is 5.77. The lowest BCUT2D eigenvalue weighted by atomic mass is 9.90. The minimum absolute atomic E-state index is 0.0976. The van der Waals surface area contributed by atoms with Gasteiger partial charge >= 0.3 is 0 Å². The molecule has 90 valence electrons. The minimum Gasteiger partial charge on any atom is -0.350 e. The van der Waals surface area contributed by atoms with Crippen LogP contribution in [0.2, 0.25) is 0 Å². The van der Waals surface area contributed by atoms with E-state index in [9.17, 15) is 4.79 Å². The molecule has 1 rings (SSSR count). The van der Waals surface area contributed by atoms with Gasteiger partial charge in [0.15, 0.2) is 0 Å². The topological polar surface area (TPSA) is 42.0 Å². The summed E-state index contributed by atoms with van der Waals surface area (Å²) in [4.78, 5) is 15.8. The number of alkyl halides is 1. The number of nitrogens with one attached hydrogen (secondary N) is 1. The largest absolute Gasteiger partial charge is 0.350 e. The van der Waals surface area contributed by atoms with Gasteiger partial charge in [0.2, 0.25) is 0 Å². The van der Waals surface area contributed by atoms with Gasteiger partial charge < -0.3 is 5.32 Å². The lowest BCUT2D eigenvalue weighted by Crippen LogP contribution is -2.31. The number of amides is 1. The highest BCUT2D eigenvalue weighted by molar-refractivity contribution is 9.09. The molecule has 1 heterocycles. The highest BCUT2D eigenvalue weighted by atomic mass is 79.9. The Labute approximate surface area is 109 Å². The van der Waals surface area contributed by atoms with E-state index in [1.165, 1.54) is 11.3 Å². The summed E-state index contributed by atoms with van der Waals surface area (Å²) in [6.07, 6.45) is 1.02. The molecule has 0 aliphatic heterocycles. The number of halogens is 1. The maximum Gasteiger partial charge on any atom is 0.270 e. The smallest absolute Gasteiger partial charge is 0.270 e.